The zero-order chi connectivity index (χ0) is 13.8. The van der Waals surface area contributed by atoms with Gasteiger partial charge in [0.15, 0.2) is 0 Å². The first-order valence-corrected chi connectivity index (χ1v) is 6.75. The summed E-state index contributed by atoms with van der Waals surface area (Å²) in [6.07, 6.45) is 4.43. The Bertz CT molecular complexity index is 433. The average Bonchev–Trinajstić information content (AvgIpc) is 2.39. The minimum absolute atomic E-state index is 0.0347. The number of hydrogen-bond donors (Lipinski definition) is 1. The summed E-state index contributed by atoms with van der Waals surface area (Å²) in [6, 6.07) is 4.17. The van der Waals surface area contributed by atoms with Gasteiger partial charge in [-0.3, -0.25) is 4.79 Å². The Morgan fingerprint density at radius 3 is 2.95 bits per heavy atom. The van der Waals surface area contributed by atoms with Crippen LogP contribution < -0.4 is 10.6 Å². The maximum atomic E-state index is 11.0. The smallest absolute Gasteiger partial charge is 0.302 e. The number of nitrogen functional groups attached to an aromatic ring is 1. The van der Waals surface area contributed by atoms with Gasteiger partial charge in [0, 0.05) is 32.4 Å². The maximum absolute atomic E-state index is 11.0. The first-order chi connectivity index (χ1) is 9.10. The lowest BCUT2D eigenvalue weighted by atomic mass is 9.97. The molecule has 0 spiro atoms. The Morgan fingerprint density at radius 1 is 1.58 bits per heavy atom. The molecule has 1 fully saturated rings. The van der Waals surface area contributed by atoms with Gasteiger partial charge in [0.25, 0.3) is 0 Å². The van der Waals surface area contributed by atoms with Crippen LogP contribution in [-0.4, -0.2) is 29.6 Å². The number of rotatable bonds is 3. The summed E-state index contributed by atoms with van der Waals surface area (Å²) in [5.41, 5.74) is 6.33. The van der Waals surface area contributed by atoms with Gasteiger partial charge in [-0.25, -0.2) is 4.98 Å². The van der Waals surface area contributed by atoms with E-state index < -0.39 is 0 Å². The molecule has 2 unspecified atom stereocenters. The Balaban J connectivity index is 2.06. The number of pyridine rings is 1. The van der Waals surface area contributed by atoms with Crippen LogP contribution in [0.25, 0.3) is 0 Å². The van der Waals surface area contributed by atoms with Crippen LogP contribution in [0.15, 0.2) is 18.3 Å². The lowest BCUT2D eigenvalue weighted by Gasteiger charge is -2.39. The van der Waals surface area contributed by atoms with Gasteiger partial charge < -0.3 is 15.4 Å². The first-order valence-electron chi connectivity index (χ1n) is 6.75. The summed E-state index contributed by atoms with van der Waals surface area (Å²) >= 11 is 0. The largest absolute Gasteiger partial charge is 0.462 e. The normalized spacial score (nSPS) is 23.2. The SMILES string of the molecule is CCC1CC(OC(C)=O)CCN1c1ccc(N)cn1. The minimum Gasteiger partial charge on any atom is -0.462 e. The number of anilines is 2. The summed E-state index contributed by atoms with van der Waals surface area (Å²) in [7, 11) is 0. The third-order valence-corrected chi connectivity index (χ3v) is 3.54. The summed E-state index contributed by atoms with van der Waals surface area (Å²) in [5.74, 6) is 0.751. The van der Waals surface area contributed by atoms with Crippen molar-refractivity contribution < 1.29 is 9.53 Å². The average molecular weight is 263 g/mol. The zero-order valence-electron chi connectivity index (χ0n) is 11.5. The molecule has 5 nitrogen and oxygen atoms in total. The molecule has 0 amide bonds. The van der Waals surface area contributed by atoms with E-state index in [-0.39, 0.29) is 12.1 Å². The molecule has 1 aromatic heterocycles. The molecule has 1 aromatic rings. The van der Waals surface area contributed by atoms with Crippen molar-refractivity contribution >= 4 is 17.5 Å². The van der Waals surface area contributed by atoms with Crippen LogP contribution in [0.1, 0.15) is 33.1 Å². The number of nitrogens with zero attached hydrogens (tertiary/aromatic N) is 2. The van der Waals surface area contributed by atoms with Crippen molar-refractivity contribution in [1.29, 1.82) is 0 Å². The second-order valence-electron chi connectivity index (χ2n) is 4.96. The highest BCUT2D eigenvalue weighted by Crippen LogP contribution is 2.27. The number of piperidine rings is 1. The number of nitrogens with two attached hydrogens (primary N) is 1. The van der Waals surface area contributed by atoms with Gasteiger partial charge in [-0.1, -0.05) is 6.92 Å². The second-order valence-corrected chi connectivity index (χ2v) is 4.96. The van der Waals surface area contributed by atoms with Crippen molar-refractivity contribution in [2.24, 2.45) is 0 Å². The van der Waals surface area contributed by atoms with Crippen LogP contribution in [0, 0.1) is 0 Å². The monoisotopic (exact) mass is 263 g/mol. The Morgan fingerprint density at radius 2 is 2.37 bits per heavy atom. The lowest BCUT2D eigenvalue weighted by molar-refractivity contribution is -0.147. The molecule has 0 bridgehead atoms. The van der Waals surface area contributed by atoms with Crippen LogP contribution in [0.4, 0.5) is 11.5 Å². The highest BCUT2D eigenvalue weighted by Gasteiger charge is 2.29. The molecule has 0 saturated carbocycles. The van der Waals surface area contributed by atoms with Gasteiger partial charge in [-0.2, -0.15) is 0 Å². The molecule has 0 aliphatic carbocycles. The van der Waals surface area contributed by atoms with E-state index in [0.717, 1.165) is 31.6 Å². The van der Waals surface area contributed by atoms with E-state index in [0.29, 0.717) is 11.7 Å². The van der Waals surface area contributed by atoms with Gasteiger partial charge in [0.05, 0.1) is 11.9 Å². The van der Waals surface area contributed by atoms with Crippen molar-refractivity contribution in [1.82, 2.24) is 4.98 Å². The lowest BCUT2D eigenvalue weighted by Crippen LogP contribution is -2.45. The number of ether oxygens (including phenoxy) is 1. The molecule has 2 heterocycles. The molecule has 2 rings (SSSR count). The number of carbonyl (C=O) groups excluding carboxylic acids is 1. The molecule has 0 aromatic carbocycles. The van der Waals surface area contributed by atoms with Crippen LogP contribution in [-0.2, 0) is 9.53 Å². The fourth-order valence-corrected chi connectivity index (χ4v) is 2.61. The summed E-state index contributed by atoms with van der Waals surface area (Å²) in [5, 5.41) is 0. The van der Waals surface area contributed by atoms with Crippen molar-refractivity contribution in [3.63, 3.8) is 0 Å². The van der Waals surface area contributed by atoms with E-state index in [4.69, 9.17) is 10.5 Å². The van der Waals surface area contributed by atoms with E-state index in [1.54, 1.807) is 6.20 Å². The molecule has 1 aliphatic heterocycles. The Kier molecular flexibility index (Phi) is 4.24. The Hall–Kier alpha value is -1.78. The Labute approximate surface area is 113 Å². The molecule has 104 valence electrons. The van der Waals surface area contributed by atoms with E-state index in [9.17, 15) is 4.79 Å². The highest BCUT2D eigenvalue weighted by molar-refractivity contribution is 5.66. The number of carbonyl (C=O) groups is 1. The molecule has 2 atom stereocenters. The van der Waals surface area contributed by atoms with Gasteiger partial charge in [0.2, 0.25) is 0 Å². The van der Waals surface area contributed by atoms with Crippen molar-refractivity contribution in [3.8, 4) is 0 Å². The van der Waals surface area contributed by atoms with E-state index in [2.05, 4.69) is 16.8 Å². The highest BCUT2D eigenvalue weighted by atomic mass is 16.5. The number of esters is 1. The quantitative estimate of drug-likeness (QED) is 0.844. The van der Waals surface area contributed by atoms with Crippen LogP contribution in [0.2, 0.25) is 0 Å². The van der Waals surface area contributed by atoms with Crippen LogP contribution in [0.3, 0.4) is 0 Å². The second kappa shape index (κ2) is 5.91. The van der Waals surface area contributed by atoms with Gasteiger partial charge in [-0.15, -0.1) is 0 Å². The third kappa shape index (κ3) is 3.36. The predicted octanol–water partition coefficient (Wildman–Crippen LogP) is 1.97. The fraction of sp³-hybridized carbons (Fsp3) is 0.571. The van der Waals surface area contributed by atoms with E-state index in [1.807, 2.05) is 12.1 Å². The molecule has 19 heavy (non-hydrogen) atoms. The van der Waals surface area contributed by atoms with Gasteiger partial charge in [-0.05, 0) is 18.6 Å². The predicted molar refractivity (Wildman–Crippen MR) is 74.9 cm³/mol. The number of aromatic nitrogens is 1. The van der Waals surface area contributed by atoms with Crippen molar-refractivity contribution in [2.75, 3.05) is 17.2 Å². The molecular formula is C14H21N3O2. The molecule has 2 N–H and O–H groups in total. The molecular weight excluding hydrogens is 242 g/mol. The topological polar surface area (TPSA) is 68.5 Å². The number of hydrogen-bond acceptors (Lipinski definition) is 5. The van der Waals surface area contributed by atoms with Gasteiger partial charge in [0.1, 0.15) is 11.9 Å². The van der Waals surface area contributed by atoms with E-state index in [1.165, 1.54) is 6.92 Å². The summed E-state index contributed by atoms with van der Waals surface area (Å²) in [6.45, 7) is 4.47. The van der Waals surface area contributed by atoms with Crippen molar-refractivity contribution in [2.45, 2.75) is 45.3 Å². The maximum Gasteiger partial charge on any atom is 0.302 e. The standard InChI is InChI=1S/C14H21N3O2/c1-3-12-8-13(19-10(2)18)6-7-17(12)14-5-4-11(15)9-16-14/h4-5,9,12-13H,3,6-8,15H2,1-2H3. The van der Waals surface area contributed by atoms with Crippen LogP contribution >= 0.6 is 0 Å². The van der Waals surface area contributed by atoms with E-state index >= 15 is 0 Å². The summed E-state index contributed by atoms with van der Waals surface area (Å²) in [4.78, 5) is 17.7. The first kappa shape index (κ1) is 13.6. The zero-order valence-corrected chi connectivity index (χ0v) is 11.5. The molecule has 5 heteroatoms. The molecule has 1 saturated heterocycles. The fourth-order valence-electron chi connectivity index (χ4n) is 2.61. The third-order valence-electron chi connectivity index (χ3n) is 3.54. The minimum atomic E-state index is -0.195. The van der Waals surface area contributed by atoms with Gasteiger partial charge >= 0.3 is 5.97 Å². The van der Waals surface area contributed by atoms with Crippen LogP contribution in [0.5, 0.6) is 0 Å². The summed E-state index contributed by atoms with van der Waals surface area (Å²) < 4.78 is 5.32. The molecule has 1 aliphatic rings. The van der Waals surface area contributed by atoms with Crippen molar-refractivity contribution in [3.05, 3.63) is 18.3 Å². The molecule has 0 radical (unpaired) electrons.